The molecule has 126 valence electrons. The maximum Gasteiger partial charge on any atom is 0.187 e. The summed E-state index contributed by atoms with van der Waals surface area (Å²) in [5.41, 5.74) is -2.35. The van der Waals surface area contributed by atoms with Gasteiger partial charge >= 0.3 is 0 Å². The molecule has 0 spiro atoms. The van der Waals surface area contributed by atoms with Gasteiger partial charge in [0.2, 0.25) is 0 Å². The van der Waals surface area contributed by atoms with Gasteiger partial charge in [0.1, 0.15) is 5.82 Å². The van der Waals surface area contributed by atoms with Crippen molar-refractivity contribution in [2.75, 3.05) is 0 Å². The summed E-state index contributed by atoms with van der Waals surface area (Å²) in [6, 6.07) is 4.97. The Kier molecular flexibility index (Phi) is 2.11. The molecule has 1 heterocycles. The predicted octanol–water partition coefficient (Wildman–Crippen LogP) is 6.00. The fraction of sp³-hybridized carbons (Fsp3) is 0.273. The van der Waals surface area contributed by atoms with Crippen molar-refractivity contribution in [2.45, 2.75) is 39.9 Å². The highest BCUT2D eigenvalue weighted by Crippen LogP contribution is 2.32. The van der Waals surface area contributed by atoms with Crippen LogP contribution in [0.25, 0.3) is 21.9 Å². The zero-order valence-electron chi connectivity index (χ0n) is 24.2. The molecule has 3 aromatic rings. The van der Waals surface area contributed by atoms with Gasteiger partial charge in [0.05, 0.1) is 17.7 Å². The quantitative estimate of drug-likeness (QED) is 0.524. The molecule has 1 aromatic heterocycles. The molecule has 0 aliphatic carbocycles. The van der Waals surface area contributed by atoms with Crippen molar-refractivity contribution in [1.29, 1.82) is 0 Å². The van der Waals surface area contributed by atoms with Gasteiger partial charge in [-0.3, -0.25) is 4.57 Å². The summed E-state index contributed by atoms with van der Waals surface area (Å²) in [5, 5.41) is 0. The molecule has 0 saturated heterocycles. The van der Waals surface area contributed by atoms with Crippen LogP contribution in [-0.4, -0.2) is 9.55 Å². The molecule has 3 nitrogen and oxygen atoms in total. The van der Waals surface area contributed by atoms with Crippen LogP contribution in [0.5, 0.6) is 0 Å². The van der Waals surface area contributed by atoms with Crippen LogP contribution in [0.1, 0.15) is 51.2 Å². The minimum Gasteiger partial charge on any atom is -0.299 e. The third-order valence-electron chi connectivity index (χ3n) is 3.72. The Balaban J connectivity index is 2.67. The van der Waals surface area contributed by atoms with Crippen LogP contribution in [0.15, 0.2) is 48.7 Å². The van der Waals surface area contributed by atoms with Gasteiger partial charge in [0.25, 0.3) is 0 Å². The number of aromatic nitrogens is 2. The van der Waals surface area contributed by atoms with Crippen molar-refractivity contribution >= 4 is 5.69 Å². The second-order valence-corrected chi connectivity index (χ2v) is 6.63. The Labute approximate surface area is 163 Å². The van der Waals surface area contributed by atoms with E-state index < -0.39 is 60.4 Å². The van der Waals surface area contributed by atoms with Crippen LogP contribution in [0, 0.1) is 20.3 Å². The van der Waals surface area contributed by atoms with Gasteiger partial charge in [-0.05, 0) is 41.9 Å². The van der Waals surface area contributed by atoms with Gasteiger partial charge < -0.3 is 0 Å². The smallest absolute Gasteiger partial charge is 0.187 e. The maximum absolute atomic E-state index is 8.76. The standard InChI is InChI=1S/C22H23N3/c1-15-12-18(22(3,4)5)13-16(2)20(15)25-11-10-24-21(25)17-8-7-9-19(14-17)23-6/h7-14H,1-5H3/i1D3,2D3,10D,11D,12D,13D. The van der Waals surface area contributed by atoms with E-state index in [4.69, 9.17) is 20.3 Å². The highest BCUT2D eigenvalue weighted by molar-refractivity contribution is 5.66. The van der Waals surface area contributed by atoms with Crippen LogP contribution in [0.2, 0.25) is 0 Å². The summed E-state index contributed by atoms with van der Waals surface area (Å²) in [4.78, 5) is 7.41. The largest absolute Gasteiger partial charge is 0.299 e. The van der Waals surface area contributed by atoms with Crippen LogP contribution in [0.3, 0.4) is 0 Å². The van der Waals surface area contributed by atoms with Crippen molar-refractivity contribution in [3.8, 4) is 17.1 Å². The zero-order valence-corrected chi connectivity index (χ0v) is 14.2. The van der Waals surface area contributed by atoms with Gasteiger partial charge in [-0.1, -0.05) is 51.1 Å². The van der Waals surface area contributed by atoms with Crippen LogP contribution in [-0.2, 0) is 5.41 Å². The summed E-state index contributed by atoms with van der Waals surface area (Å²) in [5.74, 6) is -0.135. The number of hydrogen-bond donors (Lipinski definition) is 0. The lowest BCUT2D eigenvalue weighted by atomic mass is 9.84. The van der Waals surface area contributed by atoms with E-state index >= 15 is 0 Å². The lowest BCUT2D eigenvalue weighted by Gasteiger charge is -2.23. The van der Waals surface area contributed by atoms with E-state index in [1.807, 2.05) is 0 Å². The summed E-state index contributed by atoms with van der Waals surface area (Å²) in [6.45, 7) is 6.24. The average Bonchev–Trinajstić information content (AvgIpc) is 2.98. The number of benzene rings is 2. The second-order valence-electron chi connectivity index (χ2n) is 6.63. The first-order chi connectivity index (χ1) is 15.9. The maximum atomic E-state index is 8.76. The summed E-state index contributed by atoms with van der Waals surface area (Å²) < 4.78 is 84.1. The number of nitrogens with zero attached hydrogens (tertiary/aromatic N) is 3. The molecule has 25 heavy (non-hydrogen) atoms. The Morgan fingerprint density at radius 3 is 2.52 bits per heavy atom. The molecule has 0 N–H and O–H groups in total. The summed E-state index contributed by atoms with van der Waals surface area (Å²) in [7, 11) is 0. The zero-order chi connectivity index (χ0) is 26.7. The summed E-state index contributed by atoms with van der Waals surface area (Å²) in [6.07, 6.45) is -1.16. The highest BCUT2D eigenvalue weighted by atomic mass is 15.1. The second kappa shape index (κ2) is 6.22. The molecule has 0 aliphatic rings. The molecule has 0 unspecified atom stereocenters. The van der Waals surface area contributed by atoms with E-state index in [0.717, 1.165) is 4.57 Å². The lowest BCUT2D eigenvalue weighted by Crippen LogP contribution is -2.13. The van der Waals surface area contributed by atoms with Crippen molar-refractivity contribution < 1.29 is 13.7 Å². The monoisotopic (exact) mass is 339 g/mol. The van der Waals surface area contributed by atoms with Crippen molar-refractivity contribution in [2.24, 2.45) is 0 Å². The molecular formula is C22H23N3. The van der Waals surface area contributed by atoms with Crippen LogP contribution in [0.4, 0.5) is 5.69 Å². The molecule has 0 aliphatic heterocycles. The first-order valence-corrected chi connectivity index (χ1v) is 7.64. The number of hydrogen-bond acceptors (Lipinski definition) is 1. The Hall–Kier alpha value is -2.86. The fourth-order valence-corrected chi connectivity index (χ4v) is 2.42. The third kappa shape index (κ3) is 3.21. The molecule has 0 amide bonds. The Bertz CT molecular complexity index is 1310. The average molecular weight is 340 g/mol. The molecule has 0 saturated carbocycles. The molecule has 3 heteroatoms. The Morgan fingerprint density at radius 2 is 1.92 bits per heavy atom. The van der Waals surface area contributed by atoms with Gasteiger partial charge in [0.15, 0.2) is 5.69 Å². The van der Waals surface area contributed by atoms with E-state index in [0.29, 0.717) is 0 Å². The fourth-order valence-electron chi connectivity index (χ4n) is 2.42. The molecule has 3 rings (SSSR count). The summed E-state index contributed by atoms with van der Waals surface area (Å²) >= 11 is 0. The molecule has 0 radical (unpaired) electrons. The van der Waals surface area contributed by atoms with E-state index in [-0.39, 0.29) is 22.6 Å². The first-order valence-electron chi connectivity index (χ1n) is 12.6. The van der Waals surface area contributed by atoms with Crippen LogP contribution >= 0.6 is 0 Å². The van der Waals surface area contributed by atoms with Gasteiger partial charge in [-0.25, -0.2) is 9.83 Å². The van der Waals surface area contributed by atoms with Gasteiger partial charge in [0, 0.05) is 26.1 Å². The molecular weight excluding hydrogens is 306 g/mol. The van der Waals surface area contributed by atoms with E-state index in [2.05, 4.69) is 9.83 Å². The van der Waals surface area contributed by atoms with E-state index in [1.54, 1.807) is 26.8 Å². The normalized spacial score (nSPS) is 18.2. The molecule has 2 aromatic carbocycles. The number of imidazole rings is 1. The lowest BCUT2D eigenvalue weighted by molar-refractivity contribution is 0.589. The van der Waals surface area contributed by atoms with E-state index in [9.17, 15) is 0 Å². The van der Waals surface area contributed by atoms with Crippen molar-refractivity contribution in [3.05, 3.63) is 76.8 Å². The Morgan fingerprint density at radius 1 is 1.20 bits per heavy atom. The molecule has 0 atom stereocenters. The SMILES string of the molecule is [2H]c1nc(-c2cccc([N+]#[C-])c2)n(-c2c(C([2H])([2H])[2H])c([2H])c(C(C)(C)C)c([2H])c2C([2H])([2H])[2H])c1[2H]. The van der Waals surface area contributed by atoms with Gasteiger partial charge in [-0.2, -0.15) is 0 Å². The van der Waals surface area contributed by atoms with E-state index in [1.165, 1.54) is 18.2 Å². The molecule has 0 bridgehead atoms. The van der Waals surface area contributed by atoms with Gasteiger partial charge in [-0.15, -0.1) is 0 Å². The van der Waals surface area contributed by atoms with Crippen molar-refractivity contribution in [3.63, 3.8) is 0 Å². The highest BCUT2D eigenvalue weighted by Gasteiger charge is 2.18. The first kappa shape index (κ1) is 8.49. The minimum absolute atomic E-state index is 0.0483. The number of rotatable bonds is 2. The topological polar surface area (TPSA) is 22.2 Å². The molecule has 0 fully saturated rings. The third-order valence-corrected chi connectivity index (χ3v) is 3.72. The minimum atomic E-state index is -2.99. The van der Waals surface area contributed by atoms with Crippen molar-refractivity contribution in [1.82, 2.24) is 9.55 Å². The van der Waals surface area contributed by atoms with Crippen LogP contribution < -0.4 is 0 Å². The predicted molar refractivity (Wildman–Crippen MR) is 103 cm³/mol.